The molecule has 3 aromatic carbocycles. The Labute approximate surface area is 443 Å². The van der Waals surface area contributed by atoms with E-state index in [4.69, 9.17) is 52.1 Å². The predicted molar refractivity (Wildman–Crippen MR) is 255 cm³/mol. The van der Waals surface area contributed by atoms with Gasteiger partial charge in [-0.1, -0.05) is 42.5 Å². The Morgan fingerprint density at radius 3 is 1.62 bits per heavy atom. The van der Waals surface area contributed by atoms with Crippen molar-refractivity contribution in [3.05, 3.63) is 108 Å². The summed E-state index contributed by atoms with van der Waals surface area (Å²) in [7, 11) is 0. The SMILES string of the molecule is CC(=O)O[C@@H]1[C@@H](O)[C@H](O[C@H]2[C@@H](O[C@@H]3O[C@H](CO)[C@@H](O)[C@H](O)[C@H]3O)[C@@H](O[C@]3(COC(=O)/C=C/c4ccc(O)cc4)O[C@H](CO)[C@@H](O)[C@H]3OC(=O)c3ccccc3)O[C@H](CO)[C@H]2OC(=O)/C=C/c2ccc(O)cc2)O[C@H](CO)[C@H]1O. The number of esters is 4. The van der Waals surface area contributed by atoms with Crippen LogP contribution in [0.5, 0.6) is 11.5 Å². The van der Waals surface area contributed by atoms with Crippen molar-refractivity contribution in [2.24, 2.45) is 0 Å². The average molecular weight is 1110 g/mol. The summed E-state index contributed by atoms with van der Waals surface area (Å²) in [5.41, 5.74) is 0.668. The van der Waals surface area contributed by atoms with Gasteiger partial charge < -0.3 is 113 Å². The second-order valence-electron chi connectivity index (χ2n) is 18.2. The van der Waals surface area contributed by atoms with Crippen LogP contribution in [-0.2, 0) is 66.5 Å². The van der Waals surface area contributed by atoms with Gasteiger partial charge in [-0.25, -0.2) is 14.4 Å². The van der Waals surface area contributed by atoms with Crippen LogP contribution in [0.25, 0.3) is 12.2 Å². The van der Waals surface area contributed by atoms with Crippen LogP contribution < -0.4 is 0 Å². The van der Waals surface area contributed by atoms with Crippen molar-refractivity contribution in [1.29, 1.82) is 0 Å². The van der Waals surface area contributed by atoms with Crippen LogP contribution >= 0.6 is 0 Å². The van der Waals surface area contributed by atoms with Crippen molar-refractivity contribution in [3.8, 4) is 11.5 Å². The highest BCUT2D eigenvalue weighted by molar-refractivity contribution is 5.90. The number of carbonyl (C=O) groups is 4. The molecule has 4 saturated heterocycles. The molecule has 0 radical (unpaired) electrons. The summed E-state index contributed by atoms with van der Waals surface area (Å²) in [4.78, 5) is 53.5. The van der Waals surface area contributed by atoms with Gasteiger partial charge in [0, 0.05) is 19.1 Å². The molecule has 4 aliphatic rings. The number of ether oxygens (including phenoxy) is 11. The summed E-state index contributed by atoms with van der Waals surface area (Å²) >= 11 is 0. The normalized spacial score (nSPS) is 35.1. The van der Waals surface area contributed by atoms with E-state index in [1.54, 1.807) is 6.07 Å². The van der Waals surface area contributed by atoms with Gasteiger partial charge in [0.15, 0.2) is 37.2 Å². The van der Waals surface area contributed by atoms with Gasteiger partial charge in [0.2, 0.25) is 5.79 Å². The van der Waals surface area contributed by atoms with Gasteiger partial charge in [0.1, 0.15) is 91.4 Å². The number of rotatable bonds is 20. The lowest BCUT2D eigenvalue weighted by Gasteiger charge is -2.50. The third-order valence-corrected chi connectivity index (χ3v) is 12.8. The van der Waals surface area contributed by atoms with Gasteiger partial charge in [-0.15, -0.1) is 0 Å². The Kier molecular flexibility index (Phi) is 20.4. The number of aliphatic hydroxyl groups is 10. The number of carbonyl (C=O) groups excluding carboxylic acids is 4. The van der Waals surface area contributed by atoms with Gasteiger partial charge in [-0.2, -0.15) is 0 Å². The van der Waals surface area contributed by atoms with E-state index in [1.807, 2.05) is 0 Å². The van der Waals surface area contributed by atoms with E-state index in [0.29, 0.717) is 11.1 Å². The van der Waals surface area contributed by atoms with Gasteiger partial charge in [0.25, 0.3) is 0 Å². The molecule has 4 fully saturated rings. The monoisotopic (exact) mass is 1100 g/mol. The number of benzene rings is 3. The number of hydrogen-bond donors (Lipinski definition) is 12. The second kappa shape index (κ2) is 26.7. The van der Waals surface area contributed by atoms with E-state index < -0.39 is 173 Å². The minimum Gasteiger partial charge on any atom is -0.508 e. The molecular weight excluding hydrogens is 1040 g/mol. The summed E-state index contributed by atoms with van der Waals surface area (Å²) in [5, 5.41) is 129. The molecule has 426 valence electrons. The van der Waals surface area contributed by atoms with Gasteiger partial charge in [-0.3, -0.25) is 4.79 Å². The number of aromatic hydroxyl groups is 2. The van der Waals surface area contributed by atoms with Crippen LogP contribution in [0.4, 0.5) is 0 Å². The number of hydrogen-bond acceptors (Lipinski definition) is 27. The number of phenolic OH excluding ortho intramolecular Hbond substituents is 2. The van der Waals surface area contributed by atoms with Crippen molar-refractivity contribution >= 4 is 36.0 Å². The molecule has 78 heavy (non-hydrogen) atoms. The van der Waals surface area contributed by atoms with Crippen molar-refractivity contribution in [2.45, 2.75) is 123 Å². The van der Waals surface area contributed by atoms with Crippen LogP contribution in [0.2, 0.25) is 0 Å². The van der Waals surface area contributed by atoms with Gasteiger partial charge in [-0.05, 0) is 59.7 Å². The first-order chi connectivity index (χ1) is 37.3. The maximum Gasteiger partial charge on any atom is 0.338 e. The maximum absolute atomic E-state index is 13.9. The van der Waals surface area contributed by atoms with Crippen molar-refractivity contribution in [3.63, 3.8) is 0 Å². The molecule has 12 N–H and O–H groups in total. The maximum atomic E-state index is 13.9. The highest BCUT2D eigenvalue weighted by Gasteiger charge is 2.64. The molecule has 0 amide bonds. The van der Waals surface area contributed by atoms with Crippen LogP contribution in [0, 0.1) is 0 Å². The summed E-state index contributed by atoms with van der Waals surface area (Å²) in [6.07, 6.45) is -32.6. The quantitative estimate of drug-likeness (QED) is 0.0298. The molecule has 0 unspecified atom stereocenters. The van der Waals surface area contributed by atoms with Crippen LogP contribution in [0.15, 0.2) is 91.0 Å². The lowest BCUT2D eigenvalue weighted by molar-refractivity contribution is -0.421. The molecule has 4 heterocycles. The van der Waals surface area contributed by atoms with E-state index in [2.05, 4.69) is 0 Å². The zero-order chi connectivity index (χ0) is 56.4. The molecule has 4 aliphatic heterocycles. The van der Waals surface area contributed by atoms with Crippen molar-refractivity contribution in [2.75, 3.05) is 33.0 Å². The second-order valence-corrected chi connectivity index (χ2v) is 18.2. The first-order valence-electron chi connectivity index (χ1n) is 24.2. The third kappa shape index (κ3) is 14.0. The average Bonchev–Trinajstić information content (AvgIpc) is 3.78. The fourth-order valence-electron chi connectivity index (χ4n) is 8.79. The Hall–Kier alpha value is -6.06. The molecule has 7 rings (SSSR count). The third-order valence-electron chi connectivity index (χ3n) is 12.8. The summed E-state index contributed by atoms with van der Waals surface area (Å²) in [5.74, 6) is -7.59. The molecular formula is C51H60O27. The van der Waals surface area contributed by atoms with E-state index in [9.17, 15) is 80.5 Å². The minimum absolute atomic E-state index is 0.0798. The fraction of sp³-hybridized carbons (Fsp3) is 0.490. The molecule has 0 aliphatic carbocycles. The van der Waals surface area contributed by atoms with E-state index >= 15 is 0 Å². The summed E-state index contributed by atoms with van der Waals surface area (Å²) in [6, 6.07) is 18.3. The molecule has 27 nitrogen and oxygen atoms in total. The van der Waals surface area contributed by atoms with E-state index in [1.165, 1.54) is 84.9 Å². The Bertz CT molecular complexity index is 2510. The predicted octanol–water partition coefficient (Wildman–Crippen LogP) is -3.37. The number of aliphatic hydroxyl groups excluding tert-OH is 10. The van der Waals surface area contributed by atoms with Crippen LogP contribution in [0.1, 0.15) is 28.4 Å². The van der Waals surface area contributed by atoms with Crippen molar-refractivity contribution in [1.82, 2.24) is 0 Å². The smallest absolute Gasteiger partial charge is 0.338 e. The molecule has 0 aromatic heterocycles. The zero-order valence-corrected chi connectivity index (χ0v) is 41.2. The molecule has 0 saturated carbocycles. The first kappa shape index (κ1) is 59.6. The van der Waals surface area contributed by atoms with Crippen LogP contribution in [-0.4, -0.2) is 234 Å². The topological polar surface area (TPSA) is 413 Å². The van der Waals surface area contributed by atoms with Gasteiger partial charge in [0.05, 0.1) is 32.0 Å². The van der Waals surface area contributed by atoms with E-state index in [0.717, 1.165) is 19.1 Å². The highest BCUT2D eigenvalue weighted by Crippen LogP contribution is 2.42. The van der Waals surface area contributed by atoms with Crippen molar-refractivity contribution < 1.29 is 133 Å². The van der Waals surface area contributed by atoms with Gasteiger partial charge >= 0.3 is 23.9 Å². The number of phenols is 2. The molecule has 0 bridgehead atoms. The zero-order valence-electron chi connectivity index (χ0n) is 41.2. The molecule has 27 heteroatoms. The minimum atomic E-state index is -2.88. The lowest BCUT2D eigenvalue weighted by atomic mass is 9.95. The Morgan fingerprint density at radius 2 is 1.05 bits per heavy atom. The molecule has 0 spiro atoms. The summed E-state index contributed by atoms with van der Waals surface area (Å²) < 4.78 is 65.4. The van der Waals surface area contributed by atoms with Crippen LogP contribution in [0.3, 0.4) is 0 Å². The standard InChI is InChI=1S/C51H60O27/c1-24(56)69-43-37(62)31(20-53)71-49(41(43)66)74-44-42(73-35(60)18-12-26-9-15-29(58)16-10-26)33(22-55)72-50(45(44)75-48-40(65)39(64)36(61)30(19-52)70-48)78-51(23-68-34(59)17-11-25-7-13-28(57)14-8-25)46(38(63)32(21-54)77-51)76-47(67)27-5-3-2-4-6-27/h2-18,30-33,36-46,48-50,52-55,57-58,61-66H,19-23H2,1H3/b17-11+,18-12+/t30-,31-,32-,33-,36-,37-,38-,39+,40-,41-,42-,43+,44-,45-,46-,48+,49+,50-,51+/m1/s1. The Morgan fingerprint density at radius 1 is 0.526 bits per heavy atom. The van der Waals surface area contributed by atoms with E-state index in [-0.39, 0.29) is 17.1 Å². The first-order valence-corrected chi connectivity index (χ1v) is 24.2. The highest BCUT2D eigenvalue weighted by atomic mass is 16.8. The summed E-state index contributed by atoms with van der Waals surface area (Å²) in [6.45, 7) is -4.46. The molecule has 3 aromatic rings. The fourth-order valence-corrected chi connectivity index (χ4v) is 8.79. The largest absolute Gasteiger partial charge is 0.508 e. The lowest BCUT2D eigenvalue weighted by Crippen LogP contribution is -2.69. The Balaban J connectivity index is 1.36. The molecule has 19 atom stereocenters.